The molecule has 7 heteroatoms. The predicted molar refractivity (Wildman–Crippen MR) is 110 cm³/mol. The SMILES string of the molecule is CC(=O)OCC(=O)[C@@]1(O)CC[C@H]2[C@@H]3CCC4(C)CC(=O)CC[C@]4(C)[C@@]3(F)[C@@H](O)C[C@@]21C. The van der Waals surface area contributed by atoms with Crippen LogP contribution < -0.4 is 0 Å². The second kappa shape index (κ2) is 6.83. The number of rotatable bonds is 3. The topological polar surface area (TPSA) is 101 Å². The molecule has 4 fully saturated rings. The summed E-state index contributed by atoms with van der Waals surface area (Å²) in [6.45, 7) is 6.33. The van der Waals surface area contributed by atoms with Crippen LogP contribution in [0.2, 0.25) is 0 Å². The van der Waals surface area contributed by atoms with Gasteiger partial charge in [0, 0.05) is 30.6 Å². The summed E-state index contributed by atoms with van der Waals surface area (Å²) in [5.74, 6) is -1.80. The number of carbonyl (C=O) groups is 3. The predicted octanol–water partition coefficient (Wildman–Crippen LogP) is 2.91. The average molecular weight is 439 g/mol. The number of fused-ring (bicyclic) bond motifs is 5. The smallest absolute Gasteiger partial charge is 0.303 e. The zero-order valence-corrected chi connectivity index (χ0v) is 19.0. The zero-order chi connectivity index (χ0) is 23.0. The van der Waals surface area contributed by atoms with Gasteiger partial charge in [-0.3, -0.25) is 14.4 Å². The van der Waals surface area contributed by atoms with Crippen molar-refractivity contribution in [2.45, 2.75) is 96.4 Å². The highest BCUT2D eigenvalue weighted by atomic mass is 19.1. The van der Waals surface area contributed by atoms with Gasteiger partial charge in [-0.2, -0.15) is 0 Å². The van der Waals surface area contributed by atoms with E-state index in [9.17, 15) is 24.6 Å². The van der Waals surface area contributed by atoms with Gasteiger partial charge >= 0.3 is 5.97 Å². The lowest BCUT2D eigenvalue weighted by Crippen LogP contribution is -2.73. The molecule has 4 saturated carbocycles. The minimum atomic E-state index is -1.88. The third-order valence-electron chi connectivity index (χ3n) is 10.3. The molecule has 0 heterocycles. The Morgan fingerprint density at radius 1 is 1.13 bits per heavy atom. The first-order valence-corrected chi connectivity index (χ1v) is 11.5. The number of ether oxygens (including phenoxy) is 1. The van der Waals surface area contributed by atoms with Crippen LogP contribution in [0.25, 0.3) is 0 Å². The number of halogens is 1. The highest BCUT2D eigenvalue weighted by Crippen LogP contribution is 2.73. The molecule has 0 aromatic carbocycles. The monoisotopic (exact) mass is 438 g/mol. The average Bonchev–Trinajstić information content (AvgIpc) is 2.94. The maximum absolute atomic E-state index is 17.2. The molecule has 31 heavy (non-hydrogen) atoms. The molecule has 0 spiro atoms. The molecule has 4 aliphatic rings. The van der Waals surface area contributed by atoms with Gasteiger partial charge in [0.1, 0.15) is 17.1 Å². The summed E-state index contributed by atoms with van der Waals surface area (Å²) < 4.78 is 22.1. The van der Waals surface area contributed by atoms with Gasteiger partial charge in [0.15, 0.2) is 6.61 Å². The summed E-state index contributed by atoms with van der Waals surface area (Å²) in [6, 6.07) is 0. The van der Waals surface area contributed by atoms with E-state index in [1.807, 2.05) is 13.8 Å². The molecular formula is C24H35FO6. The molecule has 0 aliphatic heterocycles. The standard InChI is InChI=1S/C24H35FO6/c1-14(26)31-13-19(29)23(30)10-7-16-17-6-8-20(2)11-15(27)5-9-22(20,4)24(17,25)18(28)12-21(16,23)3/h16-18,28,30H,5-13H2,1-4H3/t16-,17-,18-,20?,21-,22-,23-,24-/m0/s1. The lowest BCUT2D eigenvalue weighted by molar-refractivity contribution is -0.272. The van der Waals surface area contributed by atoms with Crippen molar-refractivity contribution in [3.63, 3.8) is 0 Å². The van der Waals surface area contributed by atoms with E-state index in [1.54, 1.807) is 6.92 Å². The fraction of sp³-hybridized carbons (Fsp3) is 0.875. The minimum absolute atomic E-state index is 0.0351. The van der Waals surface area contributed by atoms with Crippen molar-refractivity contribution in [3.05, 3.63) is 0 Å². The van der Waals surface area contributed by atoms with Crippen molar-refractivity contribution in [1.82, 2.24) is 0 Å². The maximum Gasteiger partial charge on any atom is 0.303 e. The van der Waals surface area contributed by atoms with E-state index in [2.05, 4.69) is 0 Å². The zero-order valence-electron chi connectivity index (χ0n) is 19.0. The molecule has 0 radical (unpaired) electrons. The summed E-state index contributed by atoms with van der Waals surface area (Å²) in [5, 5.41) is 22.8. The van der Waals surface area contributed by atoms with E-state index in [0.717, 1.165) is 0 Å². The van der Waals surface area contributed by atoms with Crippen LogP contribution >= 0.6 is 0 Å². The lowest BCUT2D eigenvalue weighted by atomic mass is 9.38. The van der Waals surface area contributed by atoms with Crippen LogP contribution in [0.5, 0.6) is 0 Å². The van der Waals surface area contributed by atoms with Crippen LogP contribution in [-0.2, 0) is 19.1 Å². The van der Waals surface area contributed by atoms with E-state index in [1.165, 1.54) is 6.92 Å². The third-order valence-corrected chi connectivity index (χ3v) is 10.3. The number of aliphatic hydroxyl groups excluding tert-OH is 1. The van der Waals surface area contributed by atoms with Crippen molar-refractivity contribution < 1.29 is 33.7 Å². The van der Waals surface area contributed by atoms with E-state index in [-0.39, 0.29) is 24.5 Å². The van der Waals surface area contributed by atoms with Crippen molar-refractivity contribution in [2.75, 3.05) is 6.61 Å². The summed E-state index contributed by atoms with van der Waals surface area (Å²) in [7, 11) is 0. The molecule has 8 atom stereocenters. The number of esters is 1. The number of hydrogen-bond acceptors (Lipinski definition) is 6. The summed E-state index contributed by atoms with van der Waals surface area (Å²) >= 11 is 0. The first-order chi connectivity index (χ1) is 14.3. The third kappa shape index (κ3) is 2.71. The molecule has 6 nitrogen and oxygen atoms in total. The van der Waals surface area contributed by atoms with Gasteiger partial charge in [0.25, 0.3) is 0 Å². The summed E-state index contributed by atoms with van der Waals surface area (Å²) in [6.07, 6.45) is 1.53. The van der Waals surface area contributed by atoms with Crippen molar-refractivity contribution in [2.24, 2.45) is 28.1 Å². The van der Waals surface area contributed by atoms with E-state index in [4.69, 9.17) is 4.74 Å². The fourth-order valence-corrected chi connectivity index (χ4v) is 8.17. The van der Waals surface area contributed by atoms with Crippen LogP contribution in [0.1, 0.15) is 79.1 Å². The summed E-state index contributed by atoms with van der Waals surface area (Å²) in [5.41, 5.74) is -6.00. The molecular weight excluding hydrogens is 403 g/mol. The Morgan fingerprint density at radius 2 is 1.77 bits per heavy atom. The number of Topliss-reactive ketones (excluding diaryl/α,β-unsaturated/α-hetero) is 2. The van der Waals surface area contributed by atoms with Gasteiger partial charge in [-0.15, -0.1) is 0 Å². The Kier molecular flexibility index (Phi) is 5.03. The van der Waals surface area contributed by atoms with Crippen molar-refractivity contribution >= 4 is 17.5 Å². The Bertz CT molecular complexity index is 829. The molecule has 0 bridgehead atoms. The van der Waals surface area contributed by atoms with E-state index < -0.39 is 57.9 Å². The lowest BCUT2D eigenvalue weighted by Gasteiger charge is -2.68. The van der Waals surface area contributed by atoms with Gasteiger partial charge in [-0.05, 0) is 55.8 Å². The Morgan fingerprint density at radius 3 is 2.42 bits per heavy atom. The molecule has 4 rings (SSSR count). The molecule has 0 aromatic heterocycles. The highest BCUT2D eigenvalue weighted by Gasteiger charge is 2.76. The van der Waals surface area contributed by atoms with Gasteiger partial charge in [-0.25, -0.2) is 4.39 Å². The largest absolute Gasteiger partial charge is 0.458 e. The molecule has 0 saturated heterocycles. The minimum Gasteiger partial charge on any atom is -0.458 e. The maximum atomic E-state index is 17.2. The Balaban J connectivity index is 1.71. The van der Waals surface area contributed by atoms with Crippen molar-refractivity contribution in [1.29, 1.82) is 0 Å². The normalized spacial score (nSPS) is 51.5. The number of hydrogen-bond donors (Lipinski definition) is 2. The molecule has 4 aliphatic carbocycles. The molecule has 0 amide bonds. The van der Waals surface area contributed by atoms with E-state index >= 15 is 4.39 Å². The Hall–Kier alpha value is -1.34. The second-order valence-corrected chi connectivity index (χ2v) is 11.4. The van der Waals surface area contributed by atoms with Gasteiger partial charge < -0.3 is 14.9 Å². The van der Waals surface area contributed by atoms with Crippen LogP contribution in [0.3, 0.4) is 0 Å². The summed E-state index contributed by atoms with van der Waals surface area (Å²) in [4.78, 5) is 36.3. The highest BCUT2D eigenvalue weighted by molar-refractivity contribution is 5.91. The van der Waals surface area contributed by atoms with Gasteiger partial charge in [0.05, 0.1) is 6.10 Å². The molecule has 1 unspecified atom stereocenters. The molecule has 174 valence electrons. The Labute approximate surface area is 182 Å². The number of ketones is 2. The number of alkyl halides is 1. The van der Waals surface area contributed by atoms with Crippen molar-refractivity contribution in [3.8, 4) is 0 Å². The first-order valence-electron chi connectivity index (χ1n) is 11.5. The van der Waals surface area contributed by atoms with Crippen LogP contribution in [-0.4, -0.2) is 51.7 Å². The van der Waals surface area contributed by atoms with Crippen LogP contribution in [0.15, 0.2) is 0 Å². The number of aliphatic hydroxyl groups is 2. The van der Waals surface area contributed by atoms with E-state index in [0.29, 0.717) is 38.5 Å². The first kappa shape index (κ1) is 22.8. The quantitative estimate of drug-likeness (QED) is 0.657. The fourth-order valence-electron chi connectivity index (χ4n) is 8.17. The van der Waals surface area contributed by atoms with Crippen LogP contribution in [0.4, 0.5) is 4.39 Å². The van der Waals surface area contributed by atoms with Gasteiger partial charge in [-0.1, -0.05) is 20.8 Å². The van der Waals surface area contributed by atoms with Crippen LogP contribution in [0, 0.1) is 28.1 Å². The number of carbonyl (C=O) groups excluding carboxylic acids is 3. The van der Waals surface area contributed by atoms with Gasteiger partial charge in [0.2, 0.25) is 5.78 Å². The molecule has 2 N–H and O–H groups in total. The second-order valence-electron chi connectivity index (χ2n) is 11.4. The molecule has 0 aromatic rings.